The van der Waals surface area contributed by atoms with Crippen LogP contribution in [0, 0.1) is 6.07 Å². The molecule has 262 valence electrons. The zero-order valence-electron chi connectivity index (χ0n) is 31.0. The topological polar surface area (TPSA) is 50.9 Å². The Morgan fingerprint density at radius 1 is 0.588 bits per heavy atom. The maximum absolute atomic E-state index is 11.1. The predicted molar refractivity (Wildman–Crippen MR) is 209 cm³/mol. The number of aromatic nitrogens is 3. The van der Waals surface area contributed by atoms with Gasteiger partial charge in [0.15, 0.2) is 0 Å². The molecule has 0 spiro atoms. The van der Waals surface area contributed by atoms with E-state index >= 15 is 0 Å². The number of imidazole rings is 1. The van der Waals surface area contributed by atoms with Crippen LogP contribution in [-0.4, -0.2) is 19.6 Å². The van der Waals surface area contributed by atoms with E-state index in [1.165, 1.54) is 16.7 Å². The number of hydrogen-bond donors (Lipinski definition) is 1. The molecule has 0 unspecified atom stereocenters. The number of phenols is 1. The standard InChI is InChI=1S/C46H46N3O.Pt/c1-44(2,3)33-20-21-40(50)38(27-33)43-48-42-36(18-13-19-39(42)49(43)9)30-23-31(26-34(25-30)45(4,5)6)37-28-35(24-29-15-14-22-47-41(29)37)46(7,8)32-16-11-10-12-17-32;/h10-22,24-28,50H,1-9H3;/q-1;. The van der Waals surface area contributed by atoms with Gasteiger partial charge in [0, 0.05) is 45.2 Å². The summed E-state index contributed by atoms with van der Waals surface area (Å²) in [5.41, 5.74) is 12.0. The van der Waals surface area contributed by atoms with Crippen LogP contribution in [0.4, 0.5) is 0 Å². The van der Waals surface area contributed by atoms with Gasteiger partial charge in [0.1, 0.15) is 11.6 Å². The van der Waals surface area contributed by atoms with E-state index in [4.69, 9.17) is 9.97 Å². The minimum absolute atomic E-state index is 0. The molecule has 5 aromatic carbocycles. The van der Waals surface area contributed by atoms with Crippen LogP contribution in [0.2, 0.25) is 0 Å². The van der Waals surface area contributed by atoms with Crippen LogP contribution < -0.4 is 0 Å². The summed E-state index contributed by atoms with van der Waals surface area (Å²) < 4.78 is 2.08. The summed E-state index contributed by atoms with van der Waals surface area (Å²) in [5.74, 6) is 0.952. The Kier molecular flexibility index (Phi) is 9.40. The van der Waals surface area contributed by atoms with Crippen molar-refractivity contribution in [3.05, 3.63) is 138 Å². The minimum Gasteiger partial charge on any atom is -0.507 e. The van der Waals surface area contributed by atoms with Crippen LogP contribution in [0.3, 0.4) is 0 Å². The molecule has 0 aliphatic heterocycles. The number of phenolic OH excluding ortho intramolecular Hbond substituents is 1. The summed E-state index contributed by atoms with van der Waals surface area (Å²) in [5, 5.41) is 12.2. The predicted octanol–water partition coefficient (Wildman–Crippen LogP) is 11.5. The van der Waals surface area contributed by atoms with E-state index in [2.05, 4.69) is 151 Å². The Labute approximate surface area is 316 Å². The van der Waals surface area contributed by atoms with Gasteiger partial charge in [0.2, 0.25) is 0 Å². The first kappa shape index (κ1) is 36.3. The molecule has 0 atom stereocenters. The molecule has 0 saturated carbocycles. The minimum atomic E-state index is -0.226. The Morgan fingerprint density at radius 2 is 1.25 bits per heavy atom. The molecular formula is C46H46N3OPt-. The van der Waals surface area contributed by atoms with E-state index in [0.717, 1.165) is 61.1 Å². The Balaban J connectivity index is 0.00000448. The summed E-state index contributed by atoms with van der Waals surface area (Å²) in [6, 6.07) is 40.1. The molecule has 0 aliphatic carbocycles. The maximum Gasteiger partial charge on any atom is 0.143 e. The van der Waals surface area contributed by atoms with Gasteiger partial charge in [-0.25, -0.2) is 4.98 Å². The number of rotatable bonds is 5. The molecule has 0 aliphatic rings. The van der Waals surface area contributed by atoms with E-state index in [9.17, 15) is 5.11 Å². The molecule has 5 heteroatoms. The molecule has 0 fully saturated rings. The second-order valence-corrected chi connectivity index (χ2v) is 16.2. The normalized spacial score (nSPS) is 12.3. The Bertz CT molecular complexity index is 2390. The van der Waals surface area contributed by atoms with E-state index < -0.39 is 0 Å². The summed E-state index contributed by atoms with van der Waals surface area (Å²) in [7, 11) is 2.02. The van der Waals surface area contributed by atoms with E-state index in [1.54, 1.807) is 6.07 Å². The third kappa shape index (κ3) is 6.67. The Morgan fingerprint density at radius 3 is 1.94 bits per heavy atom. The van der Waals surface area contributed by atoms with Crippen molar-refractivity contribution in [3.63, 3.8) is 0 Å². The monoisotopic (exact) mass is 851 g/mol. The van der Waals surface area contributed by atoms with Gasteiger partial charge in [-0.2, -0.15) is 0 Å². The smallest absolute Gasteiger partial charge is 0.143 e. The number of aryl methyl sites for hydroxylation is 1. The molecule has 51 heavy (non-hydrogen) atoms. The van der Waals surface area contributed by atoms with Crippen molar-refractivity contribution in [1.29, 1.82) is 0 Å². The molecule has 4 nitrogen and oxygen atoms in total. The van der Waals surface area contributed by atoms with Crippen LogP contribution in [0.1, 0.15) is 77.6 Å². The molecule has 2 aromatic heterocycles. The quantitative estimate of drug-likeness (QED) is 0.176. The number of para-hydroxylation sites is 1. The summed E-state index contributed by atoms with van der Waals surface area (Å²) in [4.78, 5) is 10.2. The molecular weight excluding hydrogens is 806 g/mol. The number of nitrogens with zero attached hydrogens (tertiary/aromatic N) is 3. The fraction of sp³-hybridized carbons (Fsp3) is 0.261. The first-order chi connectivity index (χ1) is 23.6. The SMILES string of the molecule is Cn1c(-c2cc(C(C)(C)C)ccc2O)nc2c(-c3[c-]c(-c4cc(C(C)(C)c5ccccc5)cc5cccnc45)cc(C(C)(C)C)c3)cccc21.[Pt]. The van der Waals surface area contributed by atoms with Gasteiger partial charge in [-0.05, 0) is 63.2 Å². The van der Waals surface area contributed by atoms with Crippen LogP contribution in [0.5, 0.6) is 5.75 Å². The van der Waals surface area contributed by atoms with Crippen molar-refractivity contribution in [3.8, 4) is 39.4 Å². The number of hydrogen-bond acceptors (Lipinski definition) is 3. The van der Waals surface area contributed by atoms with Gasteiger partial charge in [0.05, 0.1) is 16.6 Å². The first-order valence-corrected chi connectivity index (χ1v) is 17.5. The largest absolute Gasteiger partial charge is 0.507 e. The van der Waals surface area contributed by atoms with Crippen molar-refractivity contribution < 1.29 is 26.2 Å². The van der Waals surface area contributed by atoms with Crippen molar-refractivity contribution in [2.75, 3.05) is 0 Å². The number of pyridine rings is 1. The van der Waals surface area contributed by atoms with Crippen LogP contribution >= 0.6 is 0 Å². The number of benzene rings is 5. The van der Waals surface area contributed by atoms with Gasteiger partial charge in [-0.15, -0.1) is 34.9 Å². The second kappa shape index (κ2) is 13.2. The zero-order valence-corrected chi connectivity index (χ0v) is 33.3. The van der Waals surface area contributed by atoms with Gasteiger partial charge >= 0.3 is 0 Å². The zero-order chi connectivity index (χ0) is 35.6. The summed E-state index contributed by atoms with van der Waals surface area (Å²) >= 11 is 0. The van der Waals surface area contributed by atoms with Gasteiger partial charge < -0.3 is 9.67 Å². The van der Waals surface area contributed by atoms with Crippen molar-refractivity contribution in [1.82, 2.24) is 14.5 Å². The fourth-order valence-electron chi connectivity index (χ4n) is 6.93. The molecule has 1 N–H and O–H groups in total. The molecule has 7 aromatic rings. The van der Waals surface area contributed by atoms with Gasteiger partial charge in [0.25, 0.3) is 0 Å². The van der Waals surface area contributed by atoms with Gasteiger partial charge in [-0.3, -0.25) is 4.98 Å². The third-order valence-electron chi connectivity index (χ3n) is 10.3. The van der Waals surface area contributed by atoms with E-state index in [-0.39, 0.29) is 43.1 Å². The van der Waals surface area contributed by atoms with Crippen LogP contribution in [0.25, 0.3) is 55.6 Å². The average Bonchev–Trinajstić information content (AvgIpc) is 3.43. The van der Waals surface area contributed by atoms with Crippen molar-refractivity contribution in [2.24, 2.45) is 7.05 Å². The Hall–Kier alpha value is -4.53. The molecule has 0 amide bonds. The summed E-state index contributed by atoms with van der Waals surface area (Å²) in [6.07, 6.45) is 1.88. The van der Waals surface area contributed by atoms with Gasteiger partial charge in [-0.1, -0.05) is 127 Å². The third-order valence-corrected chi connectivity index (χ3v) is 10.3. The van der Waals surface area contributed by atoms with Crippen molar-refractivity contribution in [2.45, 2.75) is 71.6 Å². The molecule has 2 heterocycles. The first-order valence-electron chi connectivity index (χ1n) is 17.5. The maximum atomic E-state index is 11.1. The number of aromatic hydroxyl groups is 1. The van der Waals surface area contributed by atoms with E-state index in [0.29, 0.717) is 0 Å². The van der Waals surface area contributed by atoms with Crippen molar-refractivity contribution >= 4 is 21.9 Å². The fourth-order valence-corrected chi connectivity index (χ4v) is 6.93. The summed E-state index contributed by atoms with van der Waals surface area (Å²) in [6.45, 7) is 17.9. The number of fused-ring (bicyclic) bond motifs is 2. The van der Waals surface area contributed by atoms with Crippen LogP contribution in [0.15, 0.2) is 109 Å². The molecule has 0 radical (unpaired) electrons. The second-order valence-electron chi connectivity index (χ2n) is 16.2. The molecule has 0 bridgehead atoms. The van der Waals surface area contributed by atoms with E-state index in [1.807, 2.05) is 25.4 Å². The van der Waals surface area contributed by atoms with Crippen LogP contribution in [-0.2, 0) is 44.4 Å². The molecule has 7 rings (SSSR count). The molecule has 0 saturated heterocycles. The average molecular weight is 852 g/mol.